The van der Waals surface area contributed by atoms with E-state index in [0.29, 0.717) is 12.8 Å². The van der Waals surface area contributed by atoms with Crippen molar-refractivity contribution in [1.29, 1.82) is 0 Å². The van der Waals surface area contributed by atoms with Crippen molar-refractivity contribution in [2.24, 2.45) is 5.73 Å². The quantitative estimate of drug-likeness (QED) is 0.712. The van der Waals surface area contributed by atoms with Crippen LogP contribution in [0.2, 0.25) is 0 Å². The molecule has 5 heteroatoms. The van der Waals surface area contributed by atoms with Gasteiger partial charge < -0.3 is 16.2 Å². The Hall–Kier alpha value is -1.62. The van der Waals surface area contributed by atoms with Gasteiger partial charge in [0, 0.05) is 0 Å². The number of carbonyl (C=O) groups is 1. The maximum Gasteiger partial charge on any atom is 0.255 e. The number of rotatable bonds is 5. The summed E-state index contributed by atoms with van der Waals surface area (Å²) in [5.41, 5.74) is 5.23. The third-order valence-electron chi connectivity index (χ3n) is 3.18. The second kappa shape index (κ2) is 5.82. The lowest BCUT2D eigenvalue weighted by Gasteiger charge is -2.31. The predicted octanol–water partition coefficient (Wildman–Crippen LogP) is 1.97. The van der Waals surface area contributed by atoms with Gasteiger partial charge in [-0.05, 0) is 25.0 Å². The van der Waals surface area contributed by atoms with Crippen molar-refractivity contribution in [3.05, 3.63) is 29.8 Å². The SMILES string of the molecule is CCC(CC)(NC(=O)c1ccccc1O)C(N)=S. The monoisotopic (exact) mass is 266 g/mol. The van der Waals surface area contributed by atoms with Crippen molar-refractivity contribution < 1.29 is 9.90 Å². The van der Waals surface area contributed by atoms with E-state index in [0.717, 1.165) is 0 Å². The molecule has 0 heterocycles. The largest absolute Gasteiger partial charge is 0.507 e. The number of para-hydroxylation sites is 1. The van der Waals surface area contributed by atoms with Crippen LogP contribution in [0.4, 0.5) is 0 Å². The number of aromatic hydroxyl groups is 1. The van der Waals surface area contributed by atoms with Gasteiger partial charge in [-0.15, -0.1) is 0 Å². The summed E-state index contributed by atoms with van der Waals surface area (Å²) in [6.45, 7) is 3.82. The number of benzene rings is 1. The maximum absolute atomic E-state index is 12.1. The molecule has 0 saturated carbocycles. The molecule has 0 bridgehead atoms. The lowest BCUT2D eigenvalue weighted by molar-refractivity contribution is 0.0917. The molecule has 0 aliphatic carbocycles. The van der Waals surface area contributed by atoms with E-state index >= 15 is 0 Å². The Morgan fingerprint density at radius 1 is 1.39 bits per heavy atom. The highest BCUT2D eigenvalue weighted by Gasteiger charge is 2.32. The van der Waals surface area contributed by atoms with Crippen molar-refractivity contribution >= 4 is 23.1 Å². The normalized spacial score (nSPS) is 11.0. The third kappa shape index (κ3) is 2.79. The first-order valence-electron chi connectivity index (χ1n) is 5.87. The first-order chi connectivity index (χ1) is 8.46. The lowest BCUT2D eigenvalue weighted by Crippen LogP contribution is -2.55. The van der Waals surface area contributed by atoms with E-state index in [4.69, 9.17) is 18.0 Å². The maximum atomic E-state index is 12.1. The topological polar surface area (TPSA) is 75.3 Å². The van der Waals surface area contributed by atoms with Crippen LogP contribution < -0.4 is 11.1 Å². The van der Waals surface area contributed by atoms with Gasteiger partial charge in [-0.25, -0.2) is 0 Å². The highest BCUT2D eigenvalue weighted by molar-refractivity contribution is 7.80. The molecule has 0 radical (unpaired) electrons. The average molecular weight is 266 g/mol. The van der Waals surface area contributed by atoms with Crippen LogP contribution in [0.5, 0.6) is 5.75 Å². The Morgan fingerprint density at radius 3 is 2.39 bits per heavy atom. The molecule has 98 valence electrons. The Labute approximate surface area is 112 Å². The first kappa shape index (κ1) is 14.4. The molecule has 1 amide bonds. The van der Waals surface area contributed by atoms with Crippen molar-refractivity contribution in [3.63, 3.8) is 0 Å². The van der Waals surface area contributed by atoms with Crippen molar-refractivity contribution in [2.45, 2.75) is 32.2 Å². The van der Waals surface area contributed by atoms with Crippen LogP contribution in [-0.4, -0.2) is 21.5 Å². The minimum Gasteiger partial charge on any atom is -0.507 e. The van der Waals surface area contributed by atoms with Crippen LogP contribution in [0.1, 0.15) is 37.0 Å². The number of nitrogens with two attached hydrogens (primary N) is 1. The van der Waals surface area contributed by atoms with Gasteiger partial charge in [0.25, 0.3) is 5.91 Å². The number of phenols is 1. The van der Waals surface area contributed by atoms with Crippen LogP contribution >= 0.6 is 12.2 Å². The second-order valence-electron chi connectivity index (χ2n) is 4.12. The fourth-order valence-corrected chi connectivity index (χ4v) is 2.13. The molecule has 4 N–H and O–H groups in total. The molecule has 0 aliphatic heterocycles. The molecule has 1 aromatic carbocycles. The average Bonchev–Trinajstić information content (AvgIpc) is 2.36. The summed E-state index contributed by atoms with van der Waals surface area (Å²) in [7, 11) is 0. The van der Waals surface area contributed by atoms with Gasteiger partial charge in [-0.3, -0.25) is 4.79 Å². The van der Waals surface area contributed by atoms with Crippen LogP contribution in [0.15, 0.2) is 24.3 Å². The highest BCUT2D eigenvalue weighted by atomic mass is 32.1. The third-order valence-corrected chi connectivity index (χ3v) is 3.57. The van der Waals surface area contributed by atoms with Gasteiger partial charge in [-0.1, -0.05) is 38.2 Å². The summed E-state index contributed by atoms with van der Waals surface area (Å²) < 4.78 is 0. The molecule has 0 unspecified atom stereocenters. The zero-order valence-electron chi connectivity index (χ0n) is 10.6. The van der Waals surface area contributed by atoms with Gasteiger partial charge in [0.15, 0.2) is 0 Å². The van der Waals surface area contributed by atoms with E-state index in [1.54, 1.807) is 18.2 Å². The fourth-order valence-electron chi connectivity index (χ4n) is 1.79. The van der Waals surface area contributed by atoms with Crippen LogP contribution in [0, 0.1) is 0 Å². The Kier molecular flexibility index (Phi) is 4.67. The molecule has 1 rings (SSSR count). The Morgan fingerprint density at radius 2 is 1.94 bits per heavy atom. The molecule has 0 atom stereocenters. The summed E-state index contributed by atoms with van der Waals surface area (Å²) in [4.78, 5) is 12.4. The number of nitrogens with one attached hydrogen (secondary N) is 1. The lowest BCUT2D eigenvalue weighted by atomic mass is 9.92. The van der Waals surface area contributed by atoms with Gasteiger partial charge in [0.1, 0.15) is 5.75 Å². The molecule has 1 aromatic rings. The minimum atomic E-state index is -0.700. The van der Waals surface area contributed by atoms with Crippen molar-refractivity contribution in [3.8, 4) is 5.75 Å². The minimum absolute atomic E-state index is 0.0564. The molecular formula is C13H18N2O2S. The molecule has 0 saturated heterocycles. The van der Waals surface area contributed by atoms with E-state index in [-0.39, 0.29) is 22.2 Å². The zero-order chi connectivity index (χ0) is 13.8. The summed E-state index contributed by atoms with van der Waals surface area (Å²) in [6, 6.07) is 6.37. The van der Waals surface area contributed by atoms with E-state index in [2.05, 4.69) is 5.32 Å². The van der Waals surface area contributed by atoms with E-state index in [1.165, 1.54) is 6.07 Å². The van der Waals surface area contributed by atoms with Crippen molar-refractivity contribution in [2.75, 3.05) is 0 Å². The smallest absolute Gasteiger partial charge is 0.255 e. The molecular weight excluding hydrogens is 248 g/mol. The van der Waals surface area contributed by atoms with E-state index in [1.807, 2.05) is 13.8 Å². The summed E-state index contributed by atoms with van der Waals surface area (Å²) in [5.74, 6) is -0.427. The van der Waals surface area contributed by atoms with E-state index < -0.39 is 5.54 Å². The molecule has 18 heavy (non-hydrogen) atoms. The number of phenolic OH excluding ortho intramolecular Hbond substituents is 1. The molecule has 0 spiro atoms. The van der Waals surface area contributed by atoms with Gasteiger partial charge in [0.2, 0.25) is 0 Å². The summed E-state index contributed by atoms with van der Waals surface area (Å²) in [6.07, 6.45) is 1.22. The molecule has 0 aliphatic rings. The Bertz CT molecular complexity index is 456. The summed E-state index contributed by atoms with van der Waals surface area (Å²) >= 11 is 5.03. The van der Waals surface area contributed by atoms with Crippen LogP contribution in [0.3, 0.4) is 0 Å². The fraction of sp³-hybridized carbons (Fsp3) is 0.385. The number of hydrogen-bond acceptors (Lipinski definition) is 3. The number of amides is 1. The van der Waals surface area contributed by atoms with Gasteiger partial charge >= 0.3 is 0 Å². The Balaban J connectivity index is 3.00. The van der Waals surface area contributed by atoms with Crippen LogP contribution in [-0.2, 0) is 0 Å². The van der Waals surface area contributed by atoms with Gasteiger partial charge in [0.05, 0.1) is 16.1 Å². The first-order valence-corrected chi connectivity index (χ1v) is 6.28. The second-order valence-corrected chi connectivity index (χ2v) is 4.56. The standard InChI is InChI=1S/C13H18N2O2S/c1-3-13(4-2,12(14)18)15-11(17)9-7-5-6-8-10(9)16/h5-8,16H,3-4H2,1-2H3,(H2,14,18)(H,15,17). The molecule has 4 nitrogen and oxygen atoms in total. The molecule has 0 aromatic heterocycles. The van der Waals surface area contributed by atoms with E-state index in [9.17, 15) is 9.90 Å². The number of carbonyl (C=O) groups excluding carboxylic acids is 1. The van der Waals surface area contributed by atoms with Crippen LogP contribution in [0.25, 0.3) is 0 Å². The zero-order valence-corrected chi connectivity index (χ0v) is 11.4. The number of hydrogen-bond donors (Lipinski definition) is 3. The predicted molar refractivity (Wildman–Crippen MR) is 75.7 cm³/mol. The molecule has 0 fully saturated rings. The van der Waals surface area contributed by atoms with Gasteiger partial charge in [-0.2, -0.15) is 0 Å². The van der Waals surface area contributed by atoms with Crippen molar-refractivity contribution in [1.82, 2.24) is 5.32 Å². The number of thiocarbonyl (C=S) groups is 1. The highest BCUT2D eigenvalue weighted by Crippen LogP contribution is 2.20. The summed E-state index contributed by atoms with van der Waals surface area (Å²) in [5, 5.41) is 12.5.